The largest absolute Gasteiger partial charge is 0.463 e. The van der Waals surface area contributed by atoms with Crippen LogP contribution in [0.5, 0.6) is 0 Å². The van der Waals surface area contributed by atoms with Gasteiger partial charge < -0.3 is 24.1 Å². The molecule has 1 unspecified atom stereocenters. The van der Waals surface area contributed by atoms with Gasteiger partial charge in [0.2, 0.25) is 5.91 Å². The van der Waals surface area contributed by atoms with E-state index in [2.05, 4.69) is 22.2 Å². The van der Waals surface area contributed by atoms with Gasteiger partial charge in [0.05, 0.1) is 18.5 Å². The molecule has 2 aliphatic heterocycles. The van der Waals surface area contributed by atoms with Crippen molar-refractivity contribution < 1.29 is 14.0 Å². The molecule has 8 nitrogen and oxygen atoms in total. The number of carbonyl (C=O) groups excluding carboxylic acids is 2. The highest BCUT2D eigenvalue weighted by molar-refractivity contribution is 6.00. The zero-order valence-corrected chi connectivity index (χ0v) is 19.8. The molecule has 2 aromatic heterocycles. The van der Waals surface area contributed by atoms with E-state index >= 15 is 0 Å². The molecule has 8 heteroatoms. The van der Waals surface area contributed by atoms with Crippen molar-refractivity contribution in [3.05, 3.63) is 36.2 Å². The van der Waals surface area contributed by atoms with Gasteiger partial charge in [-0.25, -0.2) is 0 Å². The molecule has 178 valence electrons. The Balaban J connectivity index is 1.43. The van der Waals surface area contributed by atoms with Crippen LogP contribution in [0.3, 0.4) is 0 Å². The number of piperazine rings is 1. The van der Waals surface area contributed by atoms with Crippen LogP contribution < -0.4 is 5.32 Å². The third-order valence-electron chi connectivity index (χ3n) is 7.70. The summed E-state index contributed by atoms with van der Waals surface area (Å²) in [5, 5.41) is 3.27. The zero-order valence-electron chi connectivity index (χ0n) is 19.8. The molecule has 0 spiro atoms. The molecular weight excluding hydrogens is 418 g/mol. The van der Waals surface area contributed by atoms with E-state index in [1.54, 1.807) is 6.26 Å². The number of fused-ring (bicyclic) bond motifs is 1. The quantitative estimate of drug-likeness (QED) is 0.726. The lowest BCUT2D eigenvalue weighted by atomic mass is 9.94. The van der Waals surface area contributed by atoms with E-state index in [0.717, 1.165) is 64.1 Å². The van der Waals surface area contributed by atoms with Crippen LogP contribution in [0.15, 0.2) is 34.9 Å². The van der Waals surface area contributed by atoms with Crippen LogP contribution in [0, 0.1) is 0 Å². The van der Waals surface area contributed by atoms with E-state index < -0.39 is 5.54 Å². The first-order chi connectivity index (χ1) is 16.0. The van der Waals surface area contributed by atoms with Gasteiger partial charge in [0.1, 0.15) is 17.0 Å². The first-order valence-electron chi connectivity index (χ1n) is 12.2. The summed E-state index contributed by atoms with van der Waals surface area (Å²) in [5.41, 5.74) is 0.493. The lowest BCUT2D eigenvalue weighted by Crippen LogP contribution is -2.66. The van der Waals surface area contributed by atoms with Gasteiger partial charge >= 0.3 is 0 Å². The molecular formula is C25H35N5O3. The normalized spacial score (nSPS) is 24.9. The highest BCUT2D eigenvalue weighted by Crippen LogP contribution is 2.33. The molecule has 2 aromatic rings. The van der Waals surface area contributed by atoms with Gasteiger partial charge in [-0.1, -0.05) is 12.8 Å². The molecule has 0 bridgehead atoms. The highest BCUT2D eigenvalue weighted by Gasteiger charge is 2.48. The number of hydrogen-bond donors (Lipinski definition) is 1. The minimum atomic E-state index is -0.959. The van der Waals surface area contributed by atoms with Gasteiger partial charge in [0, 0.05) is 45.3 Å². The van der Waals surface area contributed by atoms with Crippen molar-refractivity contribution in [2.24, 2.45) is 0 Å². The first kappa shape index (κ1) is 22.2. The third kappa shape index (κ3) is 4.22. The Hall–Kier alpha value is -2.58. The number of nitrogens with zero attached hydrogens (tertiary/aromatic N) is 4. The molecule has 2 fully saturated rings. The molecule has 1 N–H and O–H groups in total. The van der Waals surface area contributed by atoms with Gasteiger partial charge in [0.15, 0.2) is 0 Å². The number of hydrogen-bond acceptors (Lipinski definition) is 5. The maximum atomic E-state index is 13.7. The maximum absolute atomic E-state index is 13.7. The van der Waals surface area contributed by atoms with E-state index in [1.165, 1.54) is 0 Å². The van der Waals surface area contributed by atoms with Crippen LogP contribution in [-0.2, 0) is 11.3 Å². The minimum Gasteiger partial charge on any atom is -0.463 e. The standard InChI is InChI=1S/C25H35N5O3/c1-25(24(32)26-19-6-3-4-7-19)18-29-20(22-8-5-17-33-22)9-10-21(29)23(31)30(25)16-15-28-13-11-27(2)12-14-28/h5,8-10,17,19H,3-4,6-7,11-16,18H2,1-2H3,(H,26,32). The summed E-state index contributed by atoms with van der Waals surface area (Å²) in [4.78, 5) is 34.0. The molecule has 33 heavy (non-hydrogen) atoms. The van der Waals surface area contributed by atoms with Crippen LogP contribution in [0.25, 0.3) is 11.5 Å². The van der Waals surface area contributed by atoms with Gasteiger partial charge in [-0.15, -0.1) is 0 Å². The number of carbonyl (C=O) groups is 2. The van der Waals surface area contributed by atoms with Crippen LogP contribution in [0.1, 0.15) is 43.1 Å². The Bertz CT molecular complexity index is 986. The molecule has 1 saturated carbocycles. The summed E-state index contributed by atoms with van der Waals surface area (Å²) >= 11 is 0. The Kier molecular flexibility index (Phi) is 6.05. The fourth-order valence-electron chi connectivity index (χ4n) is 5.49. The topological polar surface area (TPSA) is 74.0 Å². The van der Waals surface area contributed by atoms with Crippen LogP contribution in [0.2, 0.25) is 0 Å². The summed E-state index contributed by atoms with van der Waals surface area (Å²) in [5.74, 6) is 0.571. The Morgan fingerprint density at radius 2 is 1.82 bits per heavy atom. The molecule has 1 atom stereocenters. The monoisotopic (exact) mass is 453 g/mol. The van der Waals surface area contributed by atoms with Gasteiger partial charge in [-0.2, -0.15) is 0 Å². The smallest absolute Gasteiger partial charge is 0.271 e. The fourth-order valence-corrected chi connectivity index (χ4v) is 5.49. The minimum absolute atomic E-state index is 0.0501. The highest BCUT2D eigenvalue weighted by atomic mass is 16.3. The number of amides is 2. The molecule has 1 saturated heterocycles. The first-order valence-corrected chi connectivity index (χ1v) is 12.2. The summed E-state index contributed by atoms with van der Waals surface area (Å²) in [7, 11) is 2.14. The number of likely N-dealkylation sites (N-methyl/N-ethyl adjacent to an activating group) is 1. The third-order valence-corrected chi connectivity index (χ3v) is 7.70. The van der Waals surface area contributed by atoms with Crippen LogP contribution >= 0.6 is 0 Å². The van der Waals surface area contributed by atoms with Gasteiger partial charge in [0.25, 0.3) is 5.91 Å². The van der Waals surface area contributed by atoms with E-state index in [1.807, 2.05) is 40.7 Å². The second kappa shape index (κ2) is 8.99. The fraction of sp³-hybridized carbons (Fsp3) is 0.600. The lowest BCUT2D eigenvalue weighted by Gasteiger charge is -2.45. The van der Waals surface area contributed by atoms with Crippen molar-refractivity contribution in [1.82, 2.24) is 24.6 Å². The zero-order chi connectivity index (χ0) is 23.0. The molecule has 0 aromatic carbocycles. The van der Waals surface area contributed by atoms with Crippen molar-refractivity contribution >= 4 is 11.8 Å². The van der Waals surface area contributed by atoms with E-state index in [-0.39, 0.29) is 17.9 Å². The molecule has 1 aliphatic carbocycles. The SMILES string of the molecule is CN1CCN(CCN2C(=O)c3ccc(-c4ccco4)n3CC2(C)C(=O)NC2CCCC2)CC1. The number of aromatic nitrogens is 1. The number of rotatable bonds is 6. The van der Waals surface area contributed by atoms with E-state index in [0.29, 0.717) is 24.5 Å². The molecule has 5 rings (SSSR count). The average molecular weight is 454 g/mol. The molecule has 3 aliphatic rings. The Morgan fingerprint density at radius 3 is 2.52 bits per heavy atom. The van der Waals surface area contributed by atoms with Crippen molar-refractivity contribution in [3.63, 3.8) is 0 Å². The van der Waals surface area contributed by atoms with E-state index in [9.17, 15) is 9.59 Å². The van der Waals surface area contributed by atoms with Crippen molar-refractivity contribution in [1.29, 1.82) is 0 Å². The van der Waals surface area contributed by atoms with Crippen LogP contribution in [0.4, 0.5) is 0 Å². The maximum Gasteiger partial charge on any atom is 0.271 e. The van der Waals surface area contributed by atoms with Crippen LogP contribution in [-0.4, -0.2) is 89.0 Å². The predicted molar refractivity (Wildman–Crippen MR) is 126 cm³/mol. The second-order valence-electron chi connectivity index (χ2n) is 10.00. The Labute approximate surface area is 195 Å². The second-order valence-corrected chi connectivity index (χ2v) is 10.00. The van der Waals surface area contributed by atoms with Gasteiger partial charge in [-0.05, 0) is 51.1 Å². The molecule has 0 radical (unpaired) electrons. The van der Waals surface area contributed by atoms with E-state index in [4.69, 9.17) is 4.42 Å². The summed E-state index contributed by atoms with van der Waals surface area (Å²) in [6, 6.07) is 7.72. The summed E-state index contributed by atoms with van der Waals surface area (Å²) < 4.78 is 7.58. The number of furan rings is 1. The number of nitrogens with one attached hydrogen (secondary N) is 1. The molecule has 4 heterocycles. The predicted octanol–water partition coefficient (Wildman–Crippen LogP) is 2.27. The summed E-state index contributed by atoms with van der Waals surface area (Å²) in [6.07, 6.45) is 5.97. The van der Waals surface area contributed by atoms with Crippen molar-refractivity contribution in [2.75, 3.05) is 46.3 Å². The average Bonchev–Trinajstić information content (AvgIpc) is 3.56. The molecule has 2 amide bonds. The lowest BCUT2D eigenvalue weighted by molar-refractivity contribution is -0.133. The van der Waals surface area contributed by atoms with Crippen molar-refractivity contribution in [3.8, 4) is 11.5 Å². The van der Waals surface area contributed by atoms with Crippen molar-refractivity contribution in [2.45, 2.75) is 50.7 Å². The Morgan fingerprint density at radius 1 is 1.09 bits per heavy atom. The van der Waals surface area contributed by atoms with Gasteiger partial charge in [-0.3, -0.25) is 14.5 Å². The summed E-state index contributed by atoms with van der Waals surface area (Å²) in [6.45, 7) is 7.69.